The second-order valence-corrected chi connectivity index (χ2v) is 14.4. The molecule has 3 nitrogen and oxygen atoms in total. The van der Waals surface area contributed by atoms with Gasteiger partial charge in [0, 0.05) is 33.5 Å². The number of hydrogen-bond donors (Lipinski definition) is 0. The molecule has 8 aromatic carbocycles. The Morgan fingerprint density at radius 1 is 0.471 bits per heavy atom. The fraction of sp³-hybridized carbons (Fsp3) is 0.0638. The highest BCUT2D eigenvalue weighted by Crippen LogP contribution is 2.56. The molecule has 240 valence electrons. The van der Waals surface area contributed by atoms with Crippen LogP contribution in [0.15, 0.2) is 158 Å². The van der Waals surface area contributed by atoms with Crippen molar-refractivity contribution in [1.82, 2.24) is 0 Å². The van der Waals surface area contributed by atoms with Crippen LogP contribution in [0.1, 0.15) is 25.0 Å². The Kier molecular flexibility index (Phi) is 5.82. The van der Waals surface area contributed by atoms with E-state index in [9.17, 15) is 0 Å². The first-order valence-electron chi connectivity index (χ1n) is 17.7. The van der Waals surface area contributed by atoms with Crippen LogP contribution in [0.2, 0.25) is 0 Å². The van der Waals surface area contributed by atoms with E-state index in [0.29, 0.717) is 0 Å². The number of fused-ring (bicyclic) bond motifs is 12. The van der Waals surface area contributed by atoms with Gasteiger partial charge >= 0.3 is 0 Å². The summed E-state index contributed by atoms with van der Waals surface area (Å²) in [6.07, 6.45) is 0. The summed E-state index contributed by atoms with van der Waals surface area (Å²) >= 11 is 0. The van der Waals surface area contributed by atoms with Gasteiger partial charge in [-0.25, -0.2) is 0 Å². The van der Waals surface area contributed by atoms with Crippen LogP contribution in [0.3, 0.4) is 0 Å². The van der Waals surface area contributed by atoms with Crippen LogP contribution >= 0.6 is 0 Å². The molecule has 0 saturated heterocycles. The molecule has 0 spiro atoms. The summed E-state index contributed by atoms with van der Waals surface area (Å²) in [7, 11) is 0. The Bertz CT molecular complexity index is 2650. The van der Waals surface area contributed by atoms with Gasteiger partial charge in [-0.1, -0.05) is 117 Å². The van der Waals surface area contributed by atoms with Crippen molar-refractivity contribution in [2.24, 2.45) is 0 Å². The molecule has 51 heavy (non-hydrogen) atoms. The van der Waals surface area contributed by atoms with Crippen molar-refractivity contribution in [3.05, 3.63) is 169 Å². The lowest BCUT2D eigenvalue weighted by Crippen LogP contribution is -2.58. The van der Waals surface area contributed by atoms with Crippen molar-refractivity contribution in [2.45, 2.75) is 19.3 Å². The molecule has 1 aliphatic carbocycles. The third kappa shape index (κ3) is 3.96. The highest BCUT2D eigenvalue weighted by molar-refractivity contribution is 7.01. The number of rotatable bonds is 3. The van der Waals surface area contributed by atoms with E-state index in [4.69, 9.17) is 9.47 Å². The Labute approximate surface area is 297 Å². The van der Waals surface area contributed by atoms with Gasteiger partial charge in [0.05, 0.1) is 0 Å². The molecule has 8 aromatic rings. The quantitative estimate of drug-likeness (QED) is 0.177. The highest BCUT2D eigenvalue weighted by atomic mass is 16.5. The maximum Gasteiger partial charge on any atom is 0.262 e. The Balaban J connectivity index is 1.16. The summed E-state index contributed by atoms with van der Waals surface area (Å²) in [5, 5.41) is 4.85. The SMILES string of the molecule is CC1(C)c2cc(N(c3ccccc3)c3ccccc3)ccc2-c2cc3c4c(c21)Oc1ccc2ccccc2c1B4c1c(ccc2ccccc12)O3. The minimum atomic E-state index is -0.345. The maximum absolute atomic E-state index is 7.20. The van der Waals surface area contributed by atoms with Crippen LogP contribution in [0, 0.1) is 0 Å². The van der Waals surface area contributed by atoms with E-state index in [0.717, 1.165) is 45.5 Å². The monoisotopic (exact) mass is 653 g/mol. The van der Waals surface area contributed by atoms with Gasteiger partial charge in [-0.2, -0.15) is 0 Å². The van der Waals surface area contributed by atoms with Gasteiger partial charge in [-0.15, -0.1) is 0 Å². The number of hydrogen-bond acceptors (Lipinski definition) is 3. The van der Waals surface area contributed by atoms with E-state index in [1.165, 1.54) is 54.7 Å². The molecule has 0 fully saturated rings. The van der Waals surface area contributed by atoms with Crippen molar-refractivity contribution in [2.75, 3.05) is 4.90 Å². The van der Waals surface area contributed by atoms with Crippen molar-refractivity contribution in [3.63, 3.8) is 0 Å². The average molecular weight is 654 g/mol. The zero-order valence-electron chi connectivity index (χ0n) is 28.4. The third-order valence-corrected chi connectivity index (χ3v) is 11.3. The van der Waals surface area contributed by atoms with Gasteiger partial charge in [0.1, 0.15) is 23.0 Å². The molecule has 0 radical (unpaired) electrons. The van der Waals surface area contributed by atoms with E-state index >= 15 is 0 Å². The predicted octanol–water partition coefficient (Wildman–Crippen LogP) is 10.5. The van der Waals surface area contributed by atoms with Gasteiger partial charge in [-0.3, -0.25) is 0 Å². The van der Waals surface area contributed by atoms with Crippen LogP contribution in [-0.4, -0.2) is 6.71 Å². The van der Waals surface area contributed by atoms with Crippen LogP contribution in [0.25, 0.3) is 32.7 Å². The molecule has 2 heterocycles. The molecule has 2 aliphatic heterocycles. The maximum atomic E-state index is 7.20. The predicted molar refractivity (Wildman–Crippen MR) is 211 cm³/mol. The second kappa shape index (κ2) is 10.4. The van der Waals surface area contributed by atoms with Gasteiger partial charge in [0.25, 0.3) is 6.71 Å². The molecular formula is C47H32BNO2. The molecule has 0 N–H and O–H groups in total. The number of anilines is 3. The molecule has 0 atom stereocenters. The van der Waals surface area contributed by atoms with Crippen molar-refractivity contribution >= 4 is 61.7 Å². The number of para-hydroxylation sites is 2. The molecule has 0 saturated carbocycles. The molecule has 0 unspecified atom stereocenters. The molecule has 3 aliphatic rings. The molecule has 4 heteroatoms. The van der Waals surface area contributed by atoms with Gasteiger partial charge in [0.2, 0.25) is 0 Å². The van der Waals surface area contributed by atoms with Crippen LogP contribution < -0.4 is 30.8 Å². The summed E-state index contributed by atoms with van der Waals surface area (Å²) in [4.78, 5) is 2.34. The Morgan fingerprint density at radius 3 is 1.67 bits per heavy atom. The van der Waals surface area contributed by atoms with E-state index < -0.39 is 0 Å². The number of ether oxygens (including phenoxy) is 2. The largest absolute Gasteiger partial charge is 0.458 e. The topological polar surface area (TPSA) is 21.7 Å². The summed E-state index contributed by atoms with van der Waals surface area (Å²) in [6, 6.07) is 56.5. The van der Waals surface area contributed by atoms with Gasteiger partial charge in [0.15, 0.2) is 0 Å². The molecule has 0 amide bonds. The average Bonchev–Trinajstić information content (AvgIpc) is 3.40. The van der Waals surface area contributed by atoms with Crippen LogP contribution in [0.4, 0.5) is 17.1 Å². The summed E-state index contributed by atoms with van der Waals surface area (Å²) in [5.74, 6) is 3.63. The molecule has 11 rings (SSSR count). The van der Waals surface area contributed by atoms with Crippen molar-refractivity contribution < 1.29 is 9.47 Å². The zero-order chi connectivity index (χ0) is 33.8. The lowest BCUT2D eigenvalue weighted by molar-refractivity contribution is 0.454. The fourth-order valence-corrected chi connectivity index (χ4v) is 9.09. The first kappa shape index (κ1) is 28.6. The first-order valence-corrected chi connectivity index (χ1v) is 17.7. The minimum Gasteiger partial charge on any atom is -0.458 e. The molecular weight excluding hydrogens is 621 g/mol. The minimum absolute atomic E-state index is 0.0493. The van der Waals surface area contributed by atoms with Crippen molar-refractivity contribution in [3.8, 4) is 34.1 Å². The first-order chi connectivity index (χ1) is 25.1. The lowest BCUT2D eigenvalue weighted by Gasteiger charge is -2.37. The third-order valence-electron chi connectivity index (χ3n) is 11.3. The molecule has 0 aromatic heterocycles. The normalized spacial score (nSPS) is 14.1. The lowest BCUT2D eigenvalue weighted by atomic mass is 9.33. The van der Waals surface area contributed by atoms with E-state index in [-0.39, 0.29) is 12.1 Å². The summed E-state index contributed by atoms with van der Waals surface area (Å²) < 4.78 is 14.2. The number of nitrogens with zero attached hydrogens (tertiary/aromatic N) is 1. The van der Waals surface area contributed by atoms with Gasteiger partial charge in [-0.05, 0) is 104 Å². The zero-order valence-corrected chi connectivity index (χ0v) is 28.4. The Morgan fingerprint density at radius 2 is 1.04 bits per heavy atom. The standard InChI is InChI=1S/C47H32BNO2/c1-47(2)38-27-33(49(31-15-5-3-6-16-31)32-17-7-4-8-18-32)23-24-36(38)37-28-41-45-46(42(37)47)51-40-26-22-30-14-10-12-20-35(30)44(40)48(45)43-34-19-11-9-13-29(34)21-25-39(43)50-41/h3-28H,1-2H3. The van der Waals surface area contributed by atoms with E-state index in [1.54, 1.807) is 0 Å². The number of benzene rings is 8. The Hall–Kier alpha value is -6.26. The molecule has 0 bridgehead atoms. The summed E-state index contributed by atoms with van der Waals surface area (Å²) in [6.45, 7) is 4.65. The summed E-state index contributed by atoms with van der Waals surface area (Å²) in [5.41, 5.74) is 11.4. The van der Waals surface area contributed by atoms with Crippen LogP contribution in [0.5, 0.6) is 23.0 Å². The highest BCUT2D eigenvalue weighted by Gasteiger charge is 2.48. The smallest absolute Gasteiger partial charge is 0.262 e. The van der Waals surface area contributed by atoms with E-state index in [1.807, 2.05) is 0 Å². The van der Waals surface area contributed by atoms with Crippen molar-refractivity contribution in [1.29, 1.82) is 0 Å². The second-order valence-electron chi connectivity index (χ2n) is 14.4. The van der Waals surface area contributed by atoms with Crippen LogP contribution in [-0.2, 0) is 5.41 Å². The fourth-order valence-electron chi connectivity index (χ4n) is 9.09. The van der Waals surface area contributed by atoms with Gasteiger partial charge < -0.3 is 14.4 Å². The van der Waals surface area contributed by atoms with E-state index in [2.05, 4.69) is 176 Å².